The first kappa shape index (κ1) is 13.7. The van der Waals surface area contributed by atoms with Crippen LogP contribution in [-0.2, 0) is 5.41 Å². The van der Waals surface area contributed by atoms with Crippen molar-refractivity contribution in [2.45, 2.75) is 43.6 Å². The molecule has 0 heterocycles. The van der Waals surface area contributed by atoms with Crippen molar-refractivity contribution >= 4 is 17.6 Å². The van der Waals surface area contributed by atoms with Gasteiger partial charge in [0, 0.05) is 30.1 Å². The van der Waals surface area contributed by atoms with Gasteiger partial charge in [-0.15, -0.1) is 0 Å². The van der Waals surface area contributed by atoms with Gasteiger partial charge in [0.25, 0.3) is 0 Å². The number of hydrogen-bond acceptors (Lipinski definition) is 1. The molecular weight excluding hydrogens is 270 g/mol. The third-order valence-electron chi connectivity index (χ3n) is 4.49. The molecular formula is C16H22ClN3. The summed E-state index contributed by atoms with van der Waals surface area (Å²) >= 11 is 6.39. The van der Waals surface area contributed by atoms with E-state index in [0.717, 1.165) is 17.5 Å². The summed E-state index contributed by atoms with van der Waals surface area (Å²) < 4.78 is 0. The summed E-state index contributed by atoms with van der Waals surface area (Å²) in [6, 6.07) is 8.87. The second-order valence-electron chi connectivity index (χ2n) is 5.96. The van der Waals surface area contributed by atoms with Crippen molar-refractivity contribution in [3.63, 3.8) is 0 Å². The molecule has 4 heteroatoms. The highest BCUT2D eigenvalue weighted by Gasteiger charge is 2.40. The van der Waals surface area contributed by atoms with Crippen LogP contribution >= 0.6 is 11.6 Å². The standard InChI is InChI=1S/C16H22ClN3/c1-18-15(20-12-7-8-12)19-11-16(9-4-10-16)13-5-2-3-6-14(13)17/h2-3,5-6,12H,4,7-11H2,1H3,(H2,18,19,20). The summed E-state index contributed by atoms with van der Waals surface area (Å²) in [4.78, 5) is 4.31. The zero-order chi connectivity index (χ0) is 14.0. The molecule has 0 unspecified atom stereocenters. The predicted molar refractivity (Wildman–Crippen MR) is 84.5 cm³/mol. The van der Waals surface area contributed by atoms with Crippen LogP contribution in [0.5, 0.6) is 0 Å². The van der Waals surface area contributed by atoms with Crippen molar-refractivity contribution in [2.75, 3.05) is 13.6 Å². The molecule has 0 atom stereocenters. The minimum atomic E-state index is 0.180. The molecule has 2 aliphatic carbocycles. The third-order valence-corrected chi connectivity index (χ3v) is 4.82. The van der Waals surface area contributed by atoms with Gasteiger partial charge < -0.3 is 10.6 Å². The molecule has 2 saturated carbocycles. The van der Waals surface area contributed by atoms with E-state index in [0.29, 0.717) is 6.04 Å². The summed E-state index contributed by atoms with van der Waals surface area (Å²) in [5.74, 6) is 0.922. The summed E-state index contributed by atoms with van der Waals surface area (Å²) in [6.45, 7) is 0.906. The molecule has 0 saturated heterocycles. The van der Waals surface area contributed by atoms with Crippen LogP contribution in [0, 0.1) is 0 Å². The number of hydrogen-bond donors (Lipinski definition) is 2. The fraction of sp³-hybridized carbons (Fsp3) is 0.562. The van der Waals surface area contributed by atoms with E-state index < -0.39 is 0 Å². The van der Waals surface area contributed by atoms with Crippen LogP contribution < -0.4 is 10.6 Å². The van der Waals surface area contributed by atoms with Gasteiger partial charge in [-0.1, -0.05) is 36.2 Å². The Morgan fingerprint density at radius 2 is 2.10 bits per heavy atom. The molecule has 3 rings (SSSR count). The fourth-order valence-corrected chi connectivity index (χ4v) is 3.24. The number of halogens is 1. The van der Waals surface area contributed by atoms with Gasteiger partial charge >= 0.3 is 0 Å². The van der Waals surface area contributed by atoms with E-state index in [1.165, 1.54) is 37.7 Å². The van der Waals surface area contributed by atoms with Crippen molar-refractivity contribution in [1.82, 2.24) is 10.6 Å². The largest absolute Gasteiger partial charge is 0.356 e. The molecule has 0 bridgehead atoms. The second-order valence-corrected chi connectivity index (χ2v) is 6.37. The van der Waals surface area contributed by atoms with Crippen molar-refractivity contribution in [2.24, 2.45) is 4.99 Å². The monoisotopic (exact) mass is 291 g/mol. The molecule has 0 aromatic heterocycles. The number of benzene rings is 1. The van der Waals surface area contributed by atoms with Gasteiger partial charge in [-0.25, -0.2) is 0 Å². The van der Waals surface area contributed by atoms with E-state index in [-0.39, 0.29) is 5.41 Å². The van der Waals surface area contributed by atoms with Crippen molar-refractivity contribution in [3.8, 4) is 0 Å². The zero-order valence-corrected chi connectivity index (χ0v) is 12.7. The Kier molecular flexibility index (Phi) is 3.88. The summed E-state index contributed by atoms with van der Waals surface area (Å²) in [5, 5.41) is 7.81. The number of rotatable bonds is 4. The lowest BCUT2D eigenvalue weighted by molar-refractivity contribution is 0.244. The molecule has 2 N–H and O–H groups in total. The van der Waals surface area contributed by atoms with Crippen LogP contribution in [0.25, 0.3) is 0 Å². The van der Waals surface area contributed by atoms with E-state index >= 15 is 0 Å². The zero-order valence-electron chi connectivity index (χ0n) is 12.0. The van der Waals surface area contributed by atoms with Gasteiger partial charge in [-0.05, 0) is 37.3 Å². The fourth-order valence-electron chi connectivity index (χ4n) is 2.90. The van der Waals surface area contributed by atoms with Crippen LogP contribution in [0.15, 0.2) is 29.3 Å². The van der Waals surface area contributed by atoms with Crippen LogP contribution in [0.3, 0.4) is 0 Å². The Hall–Kier alpha value is -1.22. The summed E-state index contributed by atoms with van der Waals surface area (Å²) in [7, 11) is 1.83. The SMILES string of the molecule is CN=C(NCC1(c2ccccc2Cl)CCC1)NC1CC1. The minimum Gasteiger partial charge on any atom is -0.356 e. The lowest BCUT2D eigenvalue weighted by atomic mass is 9.64. The summed E-state index contributed by atoms with van der Waals surface area (Å²) in [6.07, 6.45) is 6.20. The lowest BCUT2D eigenvalue weighted by Gasteiger charge is -2.43. The van der Waals surface area contributed by atoms with Gasteiger partial charge in [0.2, 0.25) is 0 Å². The molecule has 2 aliphatic rings. The molecule has 0 spiro atoms. The highest BCUT2D eigenvalue weighted by molar-refractivity contribution is 6.31. The average molecular weight is 292 g/mol. The highest BCUT2D eigenvalue weighted by atomic mass is 35.5. The maximum Gasteiger partial charge on any atom is 0.191 e. The molecule has 108 valence electrons. The van der Waals surface area contributed by atoms with E-state index in [9.17, 15) is 0 Å². The van der Waals surface area contributed by atoms with Crippen molar-refractivity contribution in [1.29, 1.82) is 0 Å². The van der Waals surface area contributed by atoms with Gasteiger partial charge in [0.1, 0.15) is 0 Å². The normalized spacial score (nSPS) is 21.2. The van der Waals surface area contributed by atoms with Crippen LogP contribution in [0.2, 0.25) is 5.02 Å². The van der Waals surface area contributed by atoms with Gasteiger partial charge in [0.05, 0.1) is 0 Å². The maximum absolute atomic E-state index is 6.39. The molecule has 1 aromatic rings. The quantitative estimate of drug-likeness (QED) is 0.661. The molecule has 20 heavy (non-hydrogen) atoms. The van der Waals surface area contributed by atoms with Crippen LogP contribution in [0.4, 0.5) is 0 Å². The Bertz CT molecular complexity index is 504. The first-order chi connectivity index (χ1) is 9.73. The highest BCUT2D eigenvalue weighted by Crippen LogP contribution is 2.45. The molecule has 1 aromatic carbocycles. The predicted octanol–water partition coefficient (Wildman–Crippen LogP) is 3.09. The first-order valence-electron chi connectivity index (χ1n) is 7.46. The number of aliphatic imine (C=N–C) groups is 1. The molecule has 0 amide bonds. The molecule has 3 nitrogen and oxygen atoms in total. The second kappa shape index (κ2) is 5.65. The molecule has 2 fully saturated rings. The lowest BCUT2D eigenvalue weighted by Crippen LogP contribution is -2.49. The van der Waals surface area contributed by atoms with Gasteiger partial charge in [-0.2, -0.15) is 0 Å². The van der Waals surface area contributed by atoms with E-state index in [2.05, 4.69) is 27.8 Å². The van der Waals surface area contributed by atoms with Gasteiger partial charge in [0.15, 0.2) is 5.96 Å². The van der Waals surface area contributed by atoms with E-state index in [1.807, 2.05) is 19.2 Å². The average Bonchev–Trinajstić information content (AvgIpc) is 3.22. The first-order valence-corrected chi connectivity index (χ1v) is 7.83. The van der Waals surface area contributed by atoms with Crippen molar-refractivity contribution in [3.05, 3.63) is 34.9 Å². The Morgan fingerprint density at radius 1 is 1.35 bits per heavy atom. The topological polar surface area (TPSA) is 36.4 Å². The van der Waals surface area contributed by atoms with Crippen LogP contribution in [0.1, 0.15) is 37.7 Å². The van der Waals surface area contributed by atoms with Gasteiger partial charge in [-0.3, -0.25) is 4.99 Å². The number of nitrogens with one attached hydrogen (secondary N) is 2. The number of nitrogens with zero attached hydrogens (tertiary/aromatic N) is 1. The molecule has 0 radical (unpaired) electrons. The Labute approximate surface area is 125 Å². The Balaban J connectivity index is 1.68. The smallest absolute Gasteiger partial charge is 0.191 e. The number of guanidine groups is 1. The molecule has 0 aliphatic heterocycles. The summed E-state index contributed by atoms with van der Waals surface area (Å²) in [5.41, 5.74) is 1.46. The van der Waals surface area contributed by atoms with Crippen LogP contribution in [-0.4, -0.2) is 25.6 Å². The minimum absolute atomic E-state index is 0.180. The van der Waals surface area contributed by atoms with E-state index in [1.54, 1.807) is 0 Å². The third kappa shape index (κ3) is 2.78. The Morgan fingerprint density at radius 3 is 2.65 bits per heavy atom. The van der Waals surface area contributed by atoms with Crippen molar-refractivity contribution < 1.29 is 0 Å². The maximum atomic E-state index is 6.39. The van der Waals surface area contributed by atoms with E-state index in [4.69, 9.17) is 11.6 Å².